The molecule has 1 saturated carbocycles. The zero-order valence-electron chi connectivity index (χ0n) is 9.50. The molecule has 0 radical (unpaired) electrons. The number of nitrogens with one attached hydrogen (secondary N) is 1. The monoisotopic (exact) mass is 236 g/mol. The number of rotatable bonds is 4. The Kier molecular flexibility index (Phi) is 3.71. The normalized spacial score (nSPS) is 23.8. The molecule has 1 aromatic rings. The zero-order chi connectivity index (χ0) is 12.3. The van der Waals surface area contributed by atoms with Crippen LogP contribution in [0.4, 0.5) is 5.69 Å². The molecular weight excluding hydrogens is 220 g/mol. The molecule has 1 aliphatic rings. The maximum absolute atomic E-state index is 10.5. The van der Waals surface area contributed by atoms with Crippen LogP contribution < -0.4 is 5.32 Å². The molecule has 92 valence electrons. The van der Waals surface area contributed by atoms with E-state index in [0.717, 1.165) is 24.8 Å². The highest BCUT2D eigenvalue weighted by molar-refractivity contribution is 5.32. The fraction of sp³-hybridized carbons (Fsp3) is 0.500. The molecule has 0 heterocycles. The molecule has 2 atom stereocenters. The summed E-state index contributed by atoms with van der Waals surface area (Å²) < 4.78 is 0. The van der Waals surface area contributed by atoms with Crippen molar-refractivity contribution in [2.24, 2.45) is 0 Å². The summed E-state index contributed by atoms with van der Waals surface area (Å²) in [6.07, 6.45) is 2.65. The number of benzene rings is 1. The summed E-state index contributed by atoms with van der Waals surface area (Å²) >= 11 is 0. The van der Waals surface area contributed by atoms with Gasteiger partial charge in [0.1, 0.15) is 0 Å². The molecule has 0 aliphatic heterocycles. The van der Waals surface area contributed by atoms with Gasteiger partial charge in [0.15, 0.2) is 0 Å². The molecule has 2 N–H and O–H groups in total. The molecule has 17 heavy (non-hydrogen) atoms. The van der Waals surface area contributed by atoms with E-state index < -0.39 is 4.92 Å². The van der Waals surface area contributed by atoms with E-state index in [2.05, 4.69) is 5.32 Å². The van der Waals surface area contributed by atoms with Gasteiger partial charge >= 0.3 is 0 Å². The van der Waals surface area contributed by atoms with Crippen molar-refractivity contribution in [2.75, 3.05) is 0 Å². The topological polar surface area (TPSA) is 75.4 Å². The average Bonchev–Trinajstić information content (AvgIpc) is 2.73. The fourth-order valence-electron chi connectivity index (χ4n) is 2.16. The van der Waals surface area contributed by atoms with Gasteiger partial charge in [-0.15, -0.1) is 0 Å². The van der Waals surface area contributed by atoms with E-state index in [1.54, 1.807) is 12.1 Å². The lowest BCUT2D eigenvalue weighted by molar-refractivity contribution is -0.384. The van der Waals surface area contributed by atoms with Crippen LogP contribution in [0.15, 0.2) is 24.3 Å². The van der Waals surface area contributed by atoms with E-state index in [4.69, 9.17) is 0 Å². The number of aliphatic hydroxyl groups is 1. The lowest BCUT2D eigenvalue weighted by Crippen LogP contribution is -2.34. The van der Waals surface area contributed by atoms with Gasteiger partial charge in [-0.3, -0.25) is 10.1 Å². The van der Waals surface area contributed by atoms with Crippen molar-refractivity contribution in [1.82, 2.24) is 5.32 Å². The zero-order valence-corrected chi connectivity index (χ0v) is 9.50. The Labute approximate surface area is 99.6 Å². The van der Waals surface area contributed by atoms with Gasteiger partial charge < -0.3 is 10.4 Å². The van der Waals surface area contributed by atoms with E-state index in [-0.39, 0.29) is 17.8 Å². The van der Waals surface area contributed by atoms with Gasteiger partial charge in [-0.2, -0.15) is 0 Å². The highest BCUT2D eigenvalue weighted by Crippen LogP contribution is 2.19. The quantitative estimate of drug-likeness (QED) is 0.615. The minimum atomic E-state index is -0.405. The Morgan fingerprint density at radius 1 is 1.35 bits per heavy atom. The maximum atomic E-state index is 10.5. The van der Waals surface area contributed by atoms with Crippen LogP contribution in [-0.4, -0.2) is 22.2 Å². The molecule has 0 amide bonds. The SMILES string of the molecule is O=[N+]([O-])c1ccc(CNC2CCCC2O)cc1. The van der Waals surface area contributed by atoms with E-state index in [9.17, 15) is 15.2 Å². The molecule has 1 aromatic carbocycles. The molecular formula is C12H16N2O3. The first-order valence-corrected chi connectivity index (χ1v) is 5.81. The highest BCUT2D eigenvalue weighted by Gasteiger charge is 2.24. The van der Waals surface area contributed by atoms with Gasteiger partial charge in [0.2, 0.25) is 0 Å². The lowest BCUT2D eigenvalue weighted by atomic mass is 10.1. The Hall–Kier alpha value is -1.46. The predicted molar refractivity (Wildman–Crippen MR) is 63.6 cm³/mol. The molecule has 2 rings (SSSR count). The summed E-state index contributed by atoms with van der Waals surface area (Å²) in [4.78, 5) is 10.1. The molecule has 5 nitrogen and oxygen atoms in total. The summed E-state index contributed by atoms with van der Waals surface area (Å²) in [5.74, 6) is 0. The average molecular weight is 236 g/mol. The lowest BCUT2D eigenvalue weighted by Gasteiger charge is -2.16. The van der Waals surface area contributed by atoms with Crippen molar-refractivity contribution < 1.29 is 10.0 Å². The van der Waals surface area contributed by atoms with E-state index in [0.29, 0.717) is 6.54 Å². The Balaban J connectivity index is 1.88. The number of nitro groups is 1. The van der Waals surface area contributed by atoms with Gasteiger partial charge in [-0.1, -0.05) is 12.1 Å². The molecule has 2 unspecified atom stereocenters. The number of nitro benzene ring substituents is 1. The molecule has 5 heteroatoms. The molecule has 0 bridgehead atoms. The minimum absolute atomic E-state index is 0.106. The first-order chi connectivity index (χ1) is 8.16. The number of hydrogen-bond donors (Lipinski definition) is 2. The second-order valence-corrected chi connectivity index (χ2v) is 4.41. The van der Waals surface area contributed by atoms with E-state index in [1.807, 2.05) is 0 Å². The Morgan fingerprint density at radius 2 is 2.06 bits per heavy atom. The predicted octanol–water partition coefficient (Wildman–Crippen LogP) is 1.60. The van der Waals surface area contributed by atoms with Crippen molar-refractivity contribution in [2.45, 2.75) is 38.0 Å². The van der Waals surface area contributed by atoms with Crippen LogP contribution in [0.5, 0.6) is 0 Å². The second kappa shape index (κ2) is 5.25. The molecule has 0 aromatic heterocycles. The van der Waals surface area contributed by atoms with Crippen LogP contribution in [0.2, 0.25) is 0 Å². The van der Waals surface area contributed by atoms with Gasteiger partial charge in [0.25, 0.3) is 5.69 Å². The molecule has 1 aliphatic carbocycles. The summed E-state index contributed by atoms with van der Waals surface area (Å²) in [5, 5.41) is 23.4. The summed E-state index contributed by atoms with van der Waals surface area (Å²) in [5.41, 5.74) is 1.10. The number of nitrogens with zero attached hydrogens (tertiary/aromatic N) is 1. The van der Waals surface area contributed by atoms with Gasteiger partial charge in [-0.25, -0.2) is 0 Å². The third kappa shape index (κ3) is 3.01. The number of non-ortho nitro benzene ring substituents is 1. The Morgan fingerprint density at radius 3 is 2.59 bits per heavy atom. The first kappa shape index (κ1) is 12.0. The standard InChI is InChI=1S/C12H16N2O3/c15-12-3-1-2-11(12)13-8-9-4-6-10(7-5-9)14(16)17/h4-7,11-13,15H,1-3,8H2. The molecule has 0 spiro atoms. The third-order valence-electron chi connectivity index (χ3n) is 3.20. The van der Waals surface area contributed by atoms with Gasteiger partial charge in [0.05, 0.1) is 11.0 Å². The smallest absolute Gasteiger partial charge is 0.269 e. The van der Waals surface area contributed by atoms with Crippen LogP contribution in [0.25, 0.3) is 0 Å². The second-order valence-electron chi connectivity index (χ2n) is 4.41. The van der Waals surface area contributed by atoms with Crippen LogP contribution in [0, 0.1) is 10.1 Å². The molecule has 1 fully saturated rings. The van der Waals surface area contributed by atoms with Crippen LogP contribution >= 0.6 is 0 Å². The largest absolute Gasteiger partial charge is 0.392 e. The molecule has 0 saturated heterocycles. The first-order valence-electron chi connectivity index (χ1n) is 5.81. The van der Waals surface area contributed by atoms with Crippen molar-refractivity contribution in [3.8, 4) is 0 Å². The third-order valence-corrected chi connectivity index (χ3v) is 3.20. The van der Waals surface area contributed by atoms with Crippen molar-refractivity contribution in [1.29, 1.82) is 0 Å². The summed E-state index contributed by atoms with van der Waals surface area (Å²) in [6, 6.07) is 6.65. The highest BCUT2D eigenvalue weighted by atomic mass is 16.6. The fourth-order valence-corrected chi connectivity index (χ4v) is 2.16. The van der Waals surface area contributed by atoms with E-state index >= 15 is 0 Å². The number of hydrogen-bond acceptors (Lipinski definition) is 4. The number of aliphatic hydroxyl groups excluding tert-OH is 1. The van der Waals surface area contributed by atoms with Crippen LogP contribution in [0.3, 0.4) is 0 Å². The van der Waals surface area contributed by atoms with Crippen molar-refractivity contribution >= 4 is 5.69 Å². The van der Waals surface area contributed by atoms with Crippen molar-refractivity contribution in [3.63, 3.8) is 0 Å². The summed E-state index contributed by atoms with van der Waals surface area (Å²) in [6.45, 7) is 0.639. The van der Waals surface area contributed by atoms with Crippen LogP contribution in [-0.2, 0) is 6.54 Å². The van der Waals surface area contributed by atoms with Gasteiger partial charge in [-0.05, 0) is 24.8 Å². The van der Waals surface area contributed by atoms with Gasteiger partial charge in [0, 0.05) is 24.7 Å². The van der Waals surface area contributed by atoms with E-state index in [1.165, 1.54) is 12.1 Å². The van der Waals surface area contributed by atoms with Crippen LogP contribution in [0.1, 0.15) is 24.8 Å². The Bertz CT molecular complexity index is 391. The van der Waals surface area contributed by atoms with Crippen molar-refractivity contribution in [3.05, 3.63) is 39.9 Å². The maximum Gasteiger partial charge on any atom is 0.269 e. The summed E-state index contributed by atoms with van der Waals surface area (Å²) in [7, 11) is 0. The minimum Gasteiger partial charge on any atom is -0.392 e.